The highest BCUT2D eigenvalue weighted by Crippen LogP contribution is 2.21. The summed E-state index contributed by atoms with van der Waals surface area (Å²) in [4.78, 5) is 11.9. The Labute approximate surface area is 130 Å². The minimum Gasteiger partial charge on any atom is -0.507 e. The van der Waals surface area contributed by atoms with E-state index in [-0.39, 0.29) is 11.3 Å². The van der Waals surface area contributed by atoms with Gasteiger partial charge in [-0.1, -0.05) is 28.1 Å². The molecule has 0 saturated heterocycles. The first-order valence-electron chi connectivity index (χ1n) is 6.06. The molecule has 0 radical (unpaired) electrons. The van der Waals surface area contributed by atoms with Crippen LogP contribution in [0, 0.1) is 0 Å². The molecule has 2 rings (SSSR count). The number of ether oxygens (including phenoxy) is 1. The number of nitrogens with one attached hydrogen (secondary N) is 1. The summed E-state index contributed by atoms with van der Waals surface area (Å²) < 4.78 is 5.79. The molecule has 2 N–H and O–H groups in total. The Morgan fingerprint density at radius 3 is 2.90 bits per heavy atom. The topological polar surface area (TPSA) is 70.9 Å². The van der Waals surface area contributed by atoms with Crippen molar-refractivity contribution in [1.29, 1.82) is 0 Å². The van der Waals surface area contributed by atoms with E-state index in [1.54, 1.807) is 19.2 Å². The van der Waals surface area contributed by atoms with Gasteiger partial charge in [0.05, 0.1) is 18.9 Å². The van der Waals surface area contributed by atoms with Crippen molar-refractivity contribution in [2.75, 3.05) is 7.11 Å². The van der Waals surface area contributed by atoms with Gasteiger partial charge in [-0.15, -0.1) is 0 Å². The first-order valence-corrected chi connectivity index (χ1v) is 6.85. The van der Waals surface area contributed by atoms with Crippen LogP contribution in [-0.2, 0) is 0 Å². The van der Waals surface area contributed by atoms with Crippen LogP contribution in [0.25, 0.3) is 0 Å². The summed E-state index contributed by atoms with van der Waals surface area (Å²) >= 11 is 3.24. The maximum absolute atomic E-state index is 11.9. The van der Waals surface area contributed by atoms with E-state index in [0.717, 1.165) is 5.56 Å². The van der Waals surface area contributed by atoms with Crippen molar-refractivity contribution in [2.45, 2.75) is 0 Å². The van der Waals surface area contributed by atoms with E-state index in [2.05, 4.69) is 26.5 Å². The van der Waals surface area contributed by atoms with Gasteiger partial charge in [0, 0.05) is 4.47 Å². The first-order chi connectivity index (χ1) is 10.1. The number of hydrazone groups is 1. The average molecular weight is 349 g/mol. The normalized spacial score (nSPS) is 10.6. The van der Waals surface area contributed by atoms with Gasteiger partial charge in [0.25, 0.3) is 5.91 Å². The van der Waals surface area contributed by atoms with Crippen LogP contribution in [0.2, 0.25) is 0 Å². The number of hydrogen-bond acceptors (Lipinski definition) is 4. The van der Waals surface area contributed by atoms with Gasteiger partial charge < -0.3 is 9.84 Å². The molecule has 21 heavy (non-hydrogen) atoms. The monoisotopic (exact) mass is 348 g/mol. The molecule has 0 aromatic heterocycles. The second-order valence-electron chi connectivity index (χ2n) is 4.14. The van der Waals surface area contributed by atoms with Crippen LogP contribution in [0.15, 0.2) is 52.0 Å². The number of rotatable bonds is 4. The molecule has 0 aliphatic rings. The minimum atomic E-state index is -0.493. The van der Waals surface area contributed by atoms with E-state index in [1.807, 2.05) is 18.2 Å². The van der Waals surface area contributed by atoms with Crippen molar-refractivity contribution in [1.82, 2.24) is 5.43 Å². The Kier molecular flexibility index (Phi) is 4.94. The highest BCUT2D eigenvalue weighted by atomic mass is 79.9. The van der Waals surface area contributed by atoms with Crippen molar-refractivity contribution < 1.29 is 14.6 Å². The Morgan fingerprint density at radius 1 is 1.33 bits per heavy atom. The number of hydrogen-bond donors (Lipinski definition) is 2. The van der Waals surface area contributed by atoms with Crippen LogP contribution in [-0.4, -0.2) is 24.3 Å². The standard InChI is InChI=1S/C15H13BrN2O3/c1-21-12-4-2-3-10(7-12)9-17-18-15(20)13-8-11(16)5-6-14(13)19/h2-9,19H,1H3,(H,18,20). The zero-order valence-corrected chi connectivity index (χ0v) is 12.8. The molecular weight excluding hydrogens is 336 g/mol. The number of carbonyl (C=O) groups excluding carboxylic acids is 1. The number of phenols is 1. The number of benzene rings is 2. The van der Waals surface area contributed by atoms with E-state index in [0.29, 0.717) is 10.2 Å². The maximum atomic E-state index is 11.9. The van der Waals surface area contributed by atoms with Crippen LogP contribution < -0.4 is 10.2 Å². The molecule has 0 unspecified atom stereocenters. The number of phenolic OH excluding ortho intramolecular Hbond substituents is 1. The van der Waals surface area contributed by atoms with Gasteiger partial charge in [0.1, 0.15) is 11.5 Å². The fraction of sp³-hybridized carbons (Fsp3) is 0.0667. The van der Waals surface area contributed by atoms with Crippen LogP contribution in [0.3, 0.4) is 0 Å². The number of amides is 1. The highest BCUT2D eigenvalue weighted by molar-refractivity contribution is 9.10. The third-order valence-corrected chi connectivity index (χ3v) is 3.17. The maximum Gasteiger partial charge on any atom is 0.275 e. The molecule has 5 nitrogen and oxygen atoms in total. The van der Waals surface area contributed by atoms with Gasteiger partial charge in [-0.25, -0.2) is 5.43 Å². The Bertz CT molecular complexity index is 686. The molecule has 108 valence electrons. The van der Waals surface area contributed by atoms with Crippen LogP contribution in [0.5, 0.6) is 11.5 Å². The molecule has 2 aromatic carbocycles. The lowest BCUT2D eigenvalue weighted by Gasteiger charge is -2.03. The second-order valence-corrected chi connectivity index (χ2v) is 5.05. The molecule has 0 saturated carbocycles. The first kappa shape index (κ1) is 15.1. The summed E-state index contributed by atoms with van der Waals surface area (Å²) in [5.74, 6) is 0.107. The second kappa shape index (κ2) is 6.90. The summed E-state index contributed by atoms with van der Waals surface area (Å²) in [6.45, 7) is 0. The number of carbonyl (C=O) groups is 1. The predicted octanol–water partition coefficient (Wildman–Crippen LogP) is 2.93. The van der Waals surface area contributed by atoms with E-state index in [9.17, 15) is 9.90 Å². The third kappa shape index (κ3) is 4.06. The van der Waals surface area contributed by atoms with E-state index >= 15 is 0 Å². The number of nitrogens with zero attached hydrogens (tertiary/aromatic N) is 1. The quantitative estimate of drug-likeness (QED) is 0.659. The predicted molar refractivity (Wildman–Crippen MR) is 83.9 cm³/mol. The summed E-state index contributed by atoms with van der Waals surface area (Å²) in [6, 6.07) is 11.8. The fourth-order valence-corrected chi connectivity index (χ4v) is 2.00. The number of methoxy groups -OCH3 is 1. The lowest BCUT2D eigenvalue weighted by molar-refractivity contribution is 0.0952. The molecule has 0 fully saturated rings. The largest absolute Gasteiger partial charge is 0.507 e. The Balaban J connectivity index is 2.06. The van der Waals surface area contributed by atoms with Gasteiger partial charge in [-0.2, -0.15) is 5.10 Å². The van der Waals surface area contributed by atoms with E-state index in [1.165, 1.54) is 18.3 Å². The van der Waals surface area contributed by atoms with Crippen LogP contribution in [0.4, 0.5) is 0 Å². The number of halogens is 1. The van der Waals surface area contributed by atoms with Crippen molar-refractivity contribution in [3.05, 3.63) is 58.1 Å². The van der Waals surface area contributed by atoms with Crippen molar-refractivity contribution in [2.24, 2.45) is 5.10 Å². The zero-order chi connectivity index (χ0) is 15.2. The minimum absolute atomic E-state index is 0.104. The summed E-state index contributed by atoms with van der Waals surface area (Å²) in [7, 11) is 1.58. The molecule has 6 heteroatoms. The molecule has 0 aliphatic carbocycles. The number of aromatic hydroxyl groups is 1. The third-order valence-electron chi connectivity index (χ3n) is 2.68. The lowest BCUT2D eigenvalue weighted by atomic mass is 10.2. The fourth-order valence-electron chi connectivity index (χ4n) is 1.64. The van der Waals surface area contributed by atoms with Gasteiger partial charge in [-0.05, 0) is 35.9 Å². The molecule has 0 spiro atoms. The molecule has 1 amide bonds. The highest BCUT2D eigenvalue weighted by Gasteiger charge is 2.10. The smallest absolute Gasteiger partial charge is 0.275 e. The van der Waals surface area contributed by atoms with Gasteiger partial charge in [0.2, 0.25) is 0 Å². The van der Waals surface area contributed by atoms with Crippen molar-refractivity contribution in [3.8, 4) is 11.5 Å². The molecule has 0 atom stereocenters. The Hall–Kier alpha value is -2.34. The molecule has 0 bridgehead atoms. The summed E-state index contributed by atoms with van der Waals surface area (Å²) in [5.41, 5.74) is 3.29. The van der Waals surface area contributed by atoms with E-state index < -0.39 is 5.91 Å². The van der Waals surface area contributed by atoms with Gasteiger partial charge in [0.15, 0.2) is 0 Å². The average Bonchev–Trinajstić information content (AvgIpc) is 2.49. The van der Waals surface area contributed by atoms with Crippen LogP contribution in [0.1, 0.15) is 15.9 Å². The zero-order valence-electron chi connectivity index (χ0n) is 11.2. The summed E-state index contributed by atoms with van der Waals surface area (Å²) in [5, 5.41) is 13.5. The van der Waals surface area contributed by atoms with E-state index in [4.69, 9.17) is 4.74 Å². The molecule has 0 aliphatic heterocycles. The molecule has 2 aromatic rings. The van der Waals surface area contributed by atoms with Gasteiger partial charge in [-0.3, -0.25) is 4.79 Å². The summed E-state index contributed by atoms with van der Waals surface area (Å²) in [6.07, 6.45) is 1.50. The van der Waals surface area contributed by atoms with Crippen molar-refractivity contribution >= 4 is 28.1 Å². The SMILES string of the molecule is COc1cccc(C=NNC(=O)c2cc(Br)ccc2O)c1. The molecule has 0 heterocycles. The van der Waals surface area contributed by atoms with Crippen LogP contribution >= 0.6 is 15.9 Å². The Morgan fingerprint density at radius 2 is 2.14 bits per heavy atom. The lowest BCUT2D eigenvalue weighted by Crippen LogP contribution is -2.17. The van der Waals surface area contributed by atoms with Crippen molar-refractivity contribution in [3.63, 3.8) is 0 Å². The van der Waals surface area contributed by atoms with Gasteiger partial charge >= 0.3 is 0 Å². The molecular formula is C15H13BrN2O3.